The lowest BCUT2D eigenvalue weighted by molar-refractivity contribution is -0.147. The Kier molecular flexibility index (Phi) is 30.2. The van der Waals surface area contributed by atoms with E-state index in [2.05, 4.69) is 76.2 Å². The van der Waals surface area contributed by atoms with E-state index in [1.807, 2.05) is 23.5 Å². The summed E-state index contributed by atoms with van der Waals surface area (Å²) < 4.78 is 120. The molecule has 0 saturated carbocycles. The number of thiophene rings is 4. The van der Waals surface area contributed by atoms with Crippen LogP contribution in [-0.2, 0) is 38.3 Å². The maximum atomic E-state index is 13.4. The van der Waals surface area contributed by atoms with Crippen LogP contribution in [0.25, 0.3) is 38.8 Å². The third kappa shape index (κ3) is 23.5. The van der Waals surface area contributed by atoms with E-state index in [9.17, 15) is 88.3 Å². The van der Waals surface area contributed by atoms with Crippen molar-refractivity contribution >= 4 is 165 Å². The Bertz CT molecular complexity index is 6100. The molecule has 13 aromatic rings. The van der Waals surface area contributed by atoms with Crippen molar-refractivity contribution in [3.8, 4) is 22.8 Å². The maximum Gasteiger partial charge on any atom is 0.449 e. The Balaban J connectivity index is 0.000000173. The molecule has 638 valence electrons. The van der Waals surface area contributed by atoms with Crippen molar-refractivity contribution in [2.24, 2.45) is 7.05 Å². The van der Waals surface area contributed by atoms with E-state index in [0.29, 0.717) is 49.4 Å². The van der Waals surface area contributed by atoms with Gasteiger partial charge in [-0.3, -0.25) is 68.7 Å². The van der Waals surface area contributed by atoms with Gasteiger partial charge in [-0.05, 0) is 172 Å². The molecule has 8 aromatic heterocycles. The van der Waals surface area contributed by atoms with Crippen molar-refractivity contribution in [2.75, 3.05) is 47.7 Å². The Labute approximate surface area is 706 Å². The number of nitrogens with one attached hydrogen (secondary N) is 8. The molecule has 0 unspecified atom stereocenters. The number of para-hydroxylation sites is 1. The number of carbonyl (C=O) groups excluding carboxylic acids is 12. The summed E-state index contributed by atoms with van der Waals surface area (Å²) in [5, 5.41) is 31.0. The zero-order chi connectivity index (χ0) is 89.0. The lowest BCUT2D eigenvalue weighted by atomic mass is 10.1. The molecule has 0 radical (unpaired) electrons. The first-order valence-corrected chi connectivity index (χ1v) is 39.7. The molecule has 32 nitrogen and oxygen atoms in total. The summed E-state index contributed by atoms with van der Waals surface area (Å²) in [5.74, 6) is -5.46. The van der Waals surface area contributed by atoms with Crippen molar-refractivity contribution in [3.05, 3.63) is 242 Å². The van der Waals surface area contributed by atoms with Gasteiger partial charge in [-0.15, -0.1) is 45.3 Å². The van der Waals surface area contributed by atoms with Crippen molar-refractivity contribution in [1.82, 2.24) is 55.0 Å². The van der Waals surface area contributed by atoms with Crippen LogP contribution in [0, 0.1) is 5.82 Å². The molecule has 0 saturated heterocycles. The molecular weight excluding hydrogens is 1700 g/mol. The first-order valence-electron chi connectivity index (χ1n) is 36.2. The van der Waals surface area contributed by atoms with E-state index in [0.717, 1.165) is 56.2 Å². The largest absolute Gasteiger partial charge is 0.457 e. The standard InChI is InChI=1S/C22H16F3N5O4S.C21H17FN2O5S.C20H19F3N4O4S.C17H16N4O4S/c1-2-34-21(33)29-18(31)14-7-8-35-20(14)28-19(32)15-11-30-16(9-27-17(30)10-26-15)12-3-5-13(6-4-12)22(23,24)25;1-2-28-21(27)24-19(26)17-11-12-30-20(17)23-18(25)13-3-7-15(8-4-13)29-16-9-5-14(22)6-10-16;1-4-31-19(30)26-16(29)12-7-8-32-17(12)25-15(28)11-5-6-14-13(9-11)24-18(20(21,22)23)27(14)10(2)3;1-3-25-17(24)19-14(22)11-8-9-26-16(11)18-15(23)13-10-6-4-5-7-12(10)21(2)20-13/h3-11H,2H2,1H3,(H,28,32)(H,29,31,33);3-12H,2H2,1H3,(H,23,25)(H,24,26,27);5-10H,4H2,1-3H3,(H,25,28)(H,26,29,30);4-9H,3H2,1-2H3,(H,18,23)(H,19,22,24). The summed E-state index contributed by atoms with van der Waals surface area (Å²) >= 11 is 4.43. The van der Waals surface area contributed by atoms with Gasteiger partial charge in [0.05, 0.1) is 88.9 Å². The van der Waals surface area contributed by atoms with Gasteiger partial charge in [-0.2, -0.15) is 31.4 Å². The van der Waals surface area contributed by atoms with Crippen LogP contribution in [0.15, 0.2) is 180 Å². The van der Waals surface area contributed by atoms with Gasteiger partial charge in [-0.25, -0.2) is 38.5 Å². The van der Waals surface area contributed by atoms with Crippen LogP contribution >= 0.6 is 45.3 Å². The Morgan fingerprint density at radius 2 is 0.894 bits per heavy atom. The monoisotopic (exact) mass is 1770 g/mol. The normalized spacial score (nSPS) is 11.0. The summed E-state index contributed by atoms with van der Waals surface area (Å²) in [6.45, 7) is 10.1. The Morgan fingerprint density at radius 1 is 0.463 bits per heavy atom. The number of aromatic nitrogens is 7. The molecule has 5 aromatic carbocycles. The smallest absolute Gasteiger partial charge is 0.449 e. The number of fused-ring (bicyclic) bond motifs is 3. The van der Waals surface area contributed by atoms with Crippen LogP contribution in [0.5, 0.6) is 11.5 Å². The molecule has 0 aliphatic carbocycles. The molecule has 123 heavy (non-hydrogen) atoms. The summed E-state index contributed by atoms with van der Waals surface area (Å²) in [6.07, 6.45) is -8.46. The van der Waals surface area contributed by atoms with Crippen LogP contribution in [0.4, 0.5) is 69.9 Å². The topological polar surface area (TPSA) is 413 Å². The average molecular weight is 1770 g/mol. The molecular formula is C80H68F7N15O17S4. The lowest BCUT2D eigenvalue weighted by Gasteiger charge is -2.14. The highest BCUT2D eigenvalue weighted by Gasteiger charge is 2.39. The summed E-state index contributed by atoms with van der Waals surface area (Å²) in [6, 6.07) is 33.2. The maximum absolute atomic E-state index is 13.4. The second-order valence-corrected chi connectivity index (χ2v) is 28.7. The number of rotatable bonds is 20. The molecule has 0 bridgehead atoms. The van der Waals surface area contributed by atoms with Crippen molar-refractivity contribution < 1.29 is 112 Å². The van der Waals surface area contributed by atoms with Gasteiger partial charge in [0.2, 0.25) is 5.82 Å². The molecule has 0 aliphatic heterocycles. The summed E-state index contributed by atoms with van der Waals surface area (Å²) in [7, 11) is 1.75. The Hall–Kier alpha value is -14.6. The number of anilines is 4. The highest BCUT2D eigenvalue weighted by atomic mass is 32.1. The van der Waals surface area contributed by atoms with Crippen molar-refractivity contribution in [1.29, 1.82) is 0 Å². The fourth-order valence-electron chi connectivity index (χ4n) is 11.0. The zero-order valence-corrected chi connectivity index (χ0v) is 68.3. The molecule has 0 atom stereocenters. The van der Waals surface area contributed by atoms with E-state index in [-0.39, 0.29) is 92.5 Å². The number of aryl methyl sites for hydroxylation is 1. The van der Waals surface area contributed by atoms with E-state index in [1.54, 1.807) is 105 Å². The number of halogens is 7. The van der Waals surface area contributed by atoms with Crippen LogP contribution in [0.2, 0.25) is 0 Å². The number of benzene rings is 5. The number of amides is 12. The van der Waals surface area contributed by atoms with Crippen LogP contribution in [0.1, 0.15) is 142 Å². The van der Waals surface area contributed by atoms with Crippen molar-refractivity contribution in [2.45, 2.75) is 59.9 Å². The number of hydrogen-bond acceptors (Lipinski definition) is 25. The van der Waals surface area contributed by atoms with Gasteiger partial charge in [0, 0.05) is 41.4 Å². The predicted octanol–water partition coefficient (Wildman–Crippen LogP) is 17.0. The van der Waals surface area contributed by atoms with Gasteiger partial charge < -0.3 is 49.5 Å². The number of nitrogens with zero attached hydrogens (tertiary/aromatic N) is 7. The van der Waals surface area contributed by atoms with Crippen LogP contribution in [-0.4, -0.2) is 132 Å². The molecule has 13 rings (SSSR count). The number of imidazole rings is 2. The highest BCUT2D eigenvalue weighted by molar-refractivity contribution is 7.15. The number of carbonyl (C=O) groups is 12. The first kappa shape index (κ1) is 90.7. The zero-order valence-electron chi connectivity index (χ0n) is 65.1. The average Bonchev–Trinajstić information content (AvgIpc) is 1.62. The number of imide groups is 4. The second kappa shape index (κ2) is 40.9. The van der Waals surface area contributed by atoms with Gasteiger partial charge in [0.15, 0.2) is 11.3 Å². The number of ether oxygens (including phenoxy) is 5. The lowest BCUT2D eigenvalue weighted by Crippen LogP contribution is -2.31. The van der Waals surface area contributed by atoms with Gasteiger partial charge in [0.1, 0.15) is 43.0 Å². The summed E-state index contributed by atoms with van der Waals surface area (Å²) in [4.78, 5) is 157. The predicted molar refractivity (Wildman–Crippen MR) is 439 cm³/mol. The SMILES string of the molecule is CCOC(=O)NC(=O)c1ccsc1NC(=O)c1ccc(Oc2ccc(F)cc2)cc1.CCOC(=O)NC(=O)c1ccsc1NC(=O)c1ccc2c(c1)nc(C(F)(F)F)n2C(C)C.CCOC(=O)NC(=O)c1ccsc1NC(=O)c1cn2c(-c3ccc(C(F)(F)F)cc3)cnc2cn1.CCOC(=O)NC(=O)c1ccsc1NC(=O)c1nn(C)c2ccccc12. The number of alkyl carbamates (subject to hydrolysis) is 4. The Morgan fingerprint density at radius 3 is 1.34 bits per heavy atom. The van der Waals surface area contributed by atoms with E-state index >= 15 is 0 Å². The molecule has 8 heterocycles. The van der Waals surface area contributed by atoms with Crippen LogP contribution < -0.4 is 47.3 Å². The molecule has 12 amide bonds. The van der Waals surface area contributed by atoms with Crippen molar-refractivity contribution in [3.63, 3.8) is 0 Å². The first-order chi connectivity index (χ1) is 58.7. The molecule has 0 spiro atoms. The van der Waals surface area contributed by atoms with E-state index in [4.69, 9.17) is 4.74 Å². The number of hydrogen-bond donors (Lipinski definition) is 8. The second-order valence-electron chi connectivity index (χ2n) is 25.1. The summed E-state index contributed by atoms with van der Waals surface area (Å²) in [5.41, 5.74) is 2.65. The molecule has 0 fully saturated rings. The van der Waals surface area contributed by atoms with Gasteiger partial charge >= 0.3 is 36.7 Å². The third-order valence-electron chi connectivity index (χ3n) is 16.5. The molecule has 8 N–H and O–H groups in total. The van der Waals surface area contributed by atoms with Gasteiger partial charge in [-0.1, -0.05) is 30.3 Å². The minimum absolute atomic E-state index is 0.0186. The fourth-order valence-corrected chi connectivity index (χ4v) is 14.2. The minimum atomic E-state index is -4.65. The van der Waals surface area contributed by atoms with Gasteiger partial charge in [0.25, 0.3) is 47.3 Å². The fraction of sp³-hybridized carbons (Fsp3) is 0.175. The third-order valence-corrected chi connectivity index (χ3v) is 19.8. The van der Waals surface area contributed by atoms with Crippen LogP contribution in [0.3, 0.4) is 0 Å². The molecule has 43 heteroatoms. The quantitative estimate of drug-likeness (QED) is 0.0259. The highest BCUT2D eigenvalue weighted by Crippen LogP contribution is 2.37. The number of alkyl halides is 6. The van der Waals surface area contributed by atoms with E-state index < -0.39 is 101 Å². The minimum Gasteiger partial charge on any atom is -0.457 e. The van der Waals surface area contributed by atoms with E-state index in [1.165, 1.54) is 113 Å². The molecule has 0 aliphatic rings.